The Bertz CT molecular complexity index is 903. The van der Waals surface area contributed by atoms with Gasteiger partial charge in [-0.15, -0.1) is 0 Å². The Kier molecular flexibility index (Phi) is 4.40. The maximum atomic E-state index is 11.8. The highest BCUT2D eigenvalue weighted by Gasteiger charge is 2.23. The Balaban J connectivity index is 2.28. The molecule has 5 nitrogen and oxygen atoms in total. The topological polar surface area (TPSA) is 60.7 Å². The highest BCUT2D eigenvalue weighted by Crippen LogP contribution is 2.42. The molecule has 0 aliphatic rings. The molecule has 0 saturated heterocycles. The van der Waals surface area contributed by atoms with Crippen LogP contribution in [0.25, 0.3) is 10.9 Å². The number of carboxylic acids is 1. The van der Waals surface area contributed by atoms with Gasteiger partial charge in [-0.3, -0.25) is 0 Å². The van der Waals surface area contributed by atoms with Crippen LogP contribution in [-0.4, -0.2) is 29.9 Å². The molecule has 0 unspecified atom stereocenters. The zero-order valence-electron chi connectivity index (χ0n) is 13.6. The molecule has 3 rings (SSSR count). The zero-order valence-corrected chi connectivity index (χ0v) is 14.4. The minimum atomic E-state index is -0.968. The zero-order chi connectivity index (χ0) is 17.3. The second-order valence-electron chi connectivity index (χ2n) is 5.18. The van der Waals surface area contributed by atoms with E-state index < -0.39 is 5.97 Å². The van der Waals surface area contributed by atoms with Gasteiger partial charge in [-0.1, -0.05) is 30.0 Å². The normalized spacial score (nSPS) is 10.8. The van der Waals surface area contributed by atoms with Crippen molar-refractivity contribution in [3.05, 3.63) is 48.2 Å². The largest absolute Gasteiger partial charge is 0.493 e. The van der Waals surface area contributed by atoms with Crippen molar-refractivity contribution in [2.24, 2.45) is 7.05 Å². The number of benzene rings is 2. The third kappa shape index (κ3) is 2.69. The molecule has 1 heterocycles. The van der Waals surface area contributed by atoms with E-state index in [4.69, 9.17) is 9.47 Å². The van der Waals surface area contributed by atoms with Gasteiger partial charge in [0.25, 0.3) is 0 Å². The first-order chi connectivity index (χ1) is 11.6. The number of hydrogen-bond acceptors (Lipinski definition) is 4. The van der Waals surface area contributed by atoms with Crippen molar-refractivity contribution in [2.75, 3.05) is 14.2 Å². The number of aromatic nitrogens is 1. The molecule has 1 N–H and O–H groups in total. The Labute approximate surface area is 143 Å². The lowest BCUT2D eigenvalue weighted by molar-refractivity contribution is 0.0683. The molecule has 0 saturated carbocycles. The molecule has 3 aromatic rings. The molecule has 124 valence electrons. The van der Waals surface area contributed by atoms with Gasteiger partial charge < -0.3 is 19.1 Å². The van der Waals surface area contributed by atoms with Crippen molar-refractivity contribution in [1.82, 2.24) is 4.57 Å². The summed E-state index contributed by atoms with van der Waals surface area (Å²) in [5.74, 6) is 0.173. The van der Waals surface area contributed by atoms with Crippen LogP contribution in [0.2, 0.25) is 0 Å². The van der Waals surface area contributed by atoms with Crippen molar-refractivity contribution in [3.8, 4) is 11.5 Å². The molecule has 24 heavy (non-hydrogen) atoms. The van der Waals surface area contributed by atoms with E-state index in [9.17, 15) is 9.90 Å². The minimum absolute atomic E-state index is 0.245. The molecule has 0 bridgehead atoms. The van der Waals surface area contributed by atoms with Crippen LogP contribution in [0.1, 0.15) is 10.5 Å². The fraction of sp³-hybridized carbons (Fsp3) is 0.167. The molecule has 0 atom stereocenters. The van der Waals surface area contributed by atoms with E-state index in [1.807, 2.05) is 36.4 Å². The van der Waals surface area contributed by atoms with E-state index in [1.54, 1.807) is 31.9 Å². The number of aryl methyl sites for hydroxylation is 1. The highest BCUT2D eigenvalue weighted by atomic mass is 32.2. The SMILES string of the molecule is COc1cc2c(Sc3ccccc3)c(C(=O)O)n(C)c2cc1OC. The van der Waals surface area contributed by atoms with Crippen LogP contribution in [0, 0.1) is 0 Å². The molecule has 0 fully saturated rings. The second kappa shape index (κ2) is 6.49. The van der Waals surface area contributed by atoms with Crippen molar-refractivity contribution in [3.63, 3.8) is 0 Å². The van der Waals surface area contributed by atoms with Crippen LogP contribution in [0.4, 0.5) is 0 Å². The number of rotatable bonds is 5. The number of nitrogens with zero attached hydrogens (tertiary/aromatic N) is 1. The number of ether oxygens (including phenoxy) is 2. The van der Waals surface area contributed by atoms with E-state index in [0.717, 1.165) is 15.8 Å². The number of hydrogen-bond donors (Lipinski definition) is 1. The first-order valence-corrected chi connectivity index (χ1v) is 8.09. The van der Waals surface area contributed by atoms with Gasteiger partial charge in [0.2, 0.25) is 0 Å². The van der Waals surface area contributed by atoms with E-state index in [-0.39, 0.29) is 5.69 Å². The minimum Gasteiger partial charge on any atom is -0.493 e. The molecule has 2 aromatic carbocycles. The van der Waals surface area contributed by atoms with Crippen LogP contribution < -0.4 is 9.47 Å². The molecular formula is C18H17NO4S. The van der Waals surface area contributed by atoms with Gasteiger partial charge in [-0.05, 0) is 18.2 Å². The lowest BCUT2D eigenvalue weighted by atomic mass is 10.2. The van der Waals surface area contributed by atoms with E-state index in [0.29, 0.717) is 16.4 Å². The van der Waals surface area contributed by atoms with Gasteiger partial charge in [0.05, 0.1) is 24.6 Å². The average Bonchev–Trinajstić information content (AvgIpc) is 2.86. The number of methoxy groups -OCH3 is 2. The summed E-state index contributed by atoms with van der Waals surface area (Å²) in [6.07, 6.45) is 0. The van der Waals surface area contributed by atoms with Gasteiger partial charge in [0.1, 0.15) is 5.69 Å². The van der Waals surface area contributed by atoms with Crippen molar-refractivity contribution < 1.29 is 19.4 Å². The maximum Gasteiger partial charge on any atom is 0.353 e. The summed E-state index contributed by atoms with van der Waals surface area (Å²) in [6, 6.07) is 13.3. The summed E-state index contributed by atoms with van der Waals surface area (Å²) in [7, 11) is 4.87. The highest BCUT2D eigenvalue weighted by molar-refractivity contribution is 7.99. The van der Waals surface area contributed by atoms with Gasteiger partial charge in [0.15, 0.2) is 11.5 Å². The lowest BCUT2D eigenvalue weighted by Crippen LogP contribution is -2.05. The average molecular weight is 343 g/mol. The van der Waals surface area contributed by atoms with Crippen LogP contribution in [0.5, 0.6) is 11.5 Å². The van der Waals surface area contributed by atoms with Crippen LogP contribution >= 0.6 is 11.8 Å². The number of carbonyl (C=O) groups is 1. The van der Waals surface area contributed by atoms with E-state index >= 15 is 0 Å². The maximum absolute atomic E-state index is 11.8. The molecule has 0 aliphatic carbocycles. The Morgan fingerprint density at radius 2 is 1.71 bits per heavy atom. The molecule has 0 spiro atoms. The number of fused-ring (bicyclic) bond motifs is 1. The van der Waals surface area contributed by atoms with Crippen LogP contribution in [0.15, 0.2) is 52.3 Å². The summed E-state index contributed by atoms with van der Waals surface area (Å²) in [6.45, 7) is 0. The molecule has 0 radical (unpaired) electrons. The number of aromatic carboxylic acids is 1. The third-order valence-electron chi connectivity index (χ3n) is 3.82. The van der Waals surface area contributed by atoms with Crippen LogP contribution in [0.3, 0.4) is 0 Å². The quantitative estimate of drug-likeness (QED) is 0.757. The molecule has 0 amide bonds. The third-order valence-corrected chi connectivity index (χ3v) is 4.95. The lowest BCUT2D eigenvalue weighted by Gasteiger charge is -2.08. The van der Waals surface area contributed by atoms with E-state index in [1.165, 1.54) is 11.8 Å². The van der Waals surface area contributed by atoms with Gasteiger partial charge in [-0.2, -0.15) is 0 Å². The molecule has 0 aliphatic heterocycles. The summed E-state index contributed by atoms with van der Waals surface area (Å²) in [5.41, 5.74) is 1.03. The summed E-state index contributed by atoms with van der Waals surface area (Å²) in [5, 5.41) is 10.5. The van der Waals surface area contributed by atoms with Gasteiger partial charge in [0, 0.05) is 23.4 Å². The molecular weight excluding hydrogens is 326 g/mol. The fourth-order valence-electron chi connectivity index (χ4n) is 2.68. The Morgan fingerprint density at radius 1 is 1.08 bits per heavy atom. The Hall–Kier alpha value is -2.60. The molecule has 1 aromatic heterocycles. The molecule has 6 heteroatoms. The summed E-state index contributed by atoms with van der Waals surface area (Å²) in [4.78, 5) is 13.5. The Morgan fingerprint density at radius 3 is 2.29 bits per heavy atom. The monoisotopic (exact) mass is 343 g/mol. The number of carboxylic acid groups (broad SMARTS) is 1. The predicted octanol–water partition coefficient (Wildman–Crippen LogP) is 4.04. The van der Waals surface area contributed by atoms with Crippen LogP contribution in [-0.2, 0) is 7.05 Å². The van der Waals surface area contributed by atoms with Crippen molar-refractivity contribution in [2.45, 2.75) is 9.79 Å². The smallest absolute Gasteiger partial charge is 0.353 e. The first-order valence-electron chi connectivity index (χ1n) is 7.27. The first kappa shape index (κ1) is 16.3. The predicted molar refractivity (Wildman–Crippen MR) is 93.5 cm³/mol. The van der Waals surface area contributed by atoms with Crippen molar-refractivity contribution >= 4 is 28.6 Å². The van der Waals surface area contributed by atoms with Gasteiger partial charge in [-0.25, -0.2) is 4.79 Å². The van der Waals surface area contributed by atoms with E-state index in [2.05, 4.69) is 0 Å². The summed E-state index contributed by atoms with van der Waals surface area (Å²) >= 11 is 1.43. The fourth-order valence-corrected chi connectivity index (χ4v) is 3.80. The summed E-state index contributed by atoms with van der Waals surface area (Å²) < 4.78 is 12.4. The standard InChI is InChI=1S/C18H17NO4S/c1-19-13-10-15(23-3)14(22-2)9-12(13)17(16(19)18(20)21)24-11-7-5-4-6-8-11/h4-10H,1-3H3,(H,20,21). The second-order valence-corrected chi connectivity index (χ2v) is 6.27. The van der Waals surface area contributed by atoms with Crippen molar-refractivity contribution in [1.29, 1.82) is 0 Å². The van der Waals surface area contributed by atoms with Gasteiger partial charge >= 0.3 is 5.97 Å².